The Hall–Kier alpha value is -1.32. The van der Waals surface area contributed by atoms with E-state index in [1.165, 1.54) is 0 Å². The lowest BCUT2D eigenvalue weighted by molar-refractivity contribution is 0.406. The predicted octanol–water partition coefficient (Wildman–Crippen LogP) is 0.505. The maximum atomic E-state index is 8.94. The zero-order valence-corrected chi connectivity index (χ0v) is 5.79. The normalized spacial score (nSPS) is 9.80. The molecule has 1 rings (SSSR count). The summed E-state index contributed by atoms with van der Waals surface area (Å²) in [6, 6.07) is 0. The van der Waals surface area contributed by atoms with Crippen LogP contribution in [0.25, 0.3) is 0 Å². The molecule has 0 aliphatic rings. The van der Waals surface area contributed by atoms with Gasteiger partial charge >= 0.3 is 0 Å². The largest absolute Gasteiger partial charge is 0.492 e. The minimum absolute atomic E-state index is 0.129. The van der Waals surface area contributed by atoms with E-state index in [1.54, 1.807) is 13.8 Å². The zero-order valence-electron chi connectivity index (χ0n) is 5.79. The molecule has 4 heteroatoms. The second-order valence-electron chi connectivity index (χ2n) is 2.10. The fraction of sp³-hybridized carbons (Fsp3) is 0.333. The lowest BCUT2D eigenvalue weighted by Crippen LogP contribution is -1.90. The molecule has 0 radical (unpaired) electrons. The minimum Gasteiger partial charge on any atom is -0.492 e. The summed E-state index contributed by atoms with van der Waals surface area (Å²) >= 11 is 0. The summed E-state index contributed by atoms with van der Waals surface area (Å²) in [6.07, 6.45) is 0. The monoisotopic (exact) mass is 140 g/mol. The molecule has 54 valence electrons. The van der Waals surface area contributed by atoms with Crippen molar-refractivity contribution in [2.75, 3.05) is 0 Å². The second kappa shape index (κ2) is 2.13. The molecule has 4 nitrogen and oxygen atoms in total. The van der Waals surface area contributed by atoms with Gasteiger partial charge in [0.2, 0.25) is 11.8 Å². The van der Waals surface area contributed by atoms with Crippen LogP contribution in [-0.2, 0) is 0 Å². The van der Waals surface area contributed by atoms with Gasteiger partial charge in [-0.15, -0.1) is 10.2 Å². The molecule has 1 aromatic rings. The van der Waals surface area contributed by atoms with Crippen LogP contribution in [0.3, 0.4) is 0 Å². The summed E-state index contributed by atoms with van der Waals surface area (Å²) in [5.41, 5.74) is 1.13. The molecule has 0 bridgehead atoms. The molecule has 1 heterocycles. The van der Waals surface area contributed by atoms with Crippen LogP contribution in [0.1, 0.15) is 11.1 Å². The fourth-order valence-corrected chi connectivity index (χ4v) is 0.580. The molecule has 10 heavy (non-hydrogen) atoms. The van der Waals surface area contributed by atoms with E-state index >= 15 is 0 Å². The Morgan fingerprint density at radius 3 is 1.50 bits per heavy atom. The number of aromatic nitrogens is 2. The summed E-state index contributed by atoms with van der Waals surface area (Å²) in [4.78, 5) is 0. The first kappa shape index (κ1) is 6.80. The van der Waals surface area contributed by atoms with Gasteiger partial charge in [-0.1, -0.05) is 0 Å². The summed E-state index contributed by atoms with van der Waals surface area (Å²) in [5, 5.41) is 24.5. The highest BCUT2D eigenvalue weighted by Gasteiger charge is 2.05. The average Bonchev–Trinajstić information content (AvgIpc) is 1.93. The van der Waals surface area contributed by atoms with E-state index in [9.17, 15) is 0 Å². The van der Waals surface area contributed by atoms with E-state index < -0.39 is 0 Å². The number of nitrogens with zero attached hydrogens (tertiary/aromatic N) is 2. The summed E-state index contributed by atoms with van der Waals surface area (Å²) in [6.45, 7) is 3.33. The van der Waals surface area contributed by atoms with E-state index in [4.69, 9.17) is 10.2 Å². The Bertz CT molecular complexity index is 233. The van der Waals surface area contributed by atoms with Gasteiger partial charge in [-0.3, -0.25) is 0 Å². The van der Waals surface area contributed by atoms with Crippen molar-refractivity contribution in [2.45, 2.75) is 13.8 Å². The molecule has 0 saturated carbocycles. The Morgan fingerprint density at radius 1 is 0.900 bits per heavy atom. The van der Waals surface area contributed by atoms with Crippen molar-refractivity contribution in [3.05, 3.63) is 11.1 Å². The second-order valence-corrected chi connectivity index (χ2v) is 2.10. The fourth-order valence-electron chi connectivity index (χ4n) is 0.580. The van der Waals surface area contributed by atoms with Crippen LogP contribution in [0.15, 0.2) is 0 Å². The van der Waals surface area contributed by atoms with Gasteiger partial charge in [0.1, 0.15) is 0 Å². The third-order valence-corrected chi connectivity index (χ3v) is 1.47. The molecule has 0 amide bonds. The molecular formula is C6H8N2O2. The van der Waals surface area contributed by atoms with E-state index in [-0.39, 0.29) is 11.8 Å². The van der Waals surface area contributed by atoms with Gasteiger partial charge in [0.25, 0.3) is 0 Å². The van der Waals surface area contributed by atoms with Gasteiger partial charge < -0.3 is 10.2 Å². The lowest BCUT2D eigenvalue weighted by atomic mass is 10.2. The summed E-state index contributed by atoms with van der Waals surface area (Å²) in [5.74, 6) is -0.259. The van der Waals surface area contributed by atoms with Crippen molar-refractivity contribution < 1.29 is 10.2 Å². The van der Waals surface area contributed by atoms with Gasteiger partial charge in [0.15, 0.2) is 0 Å². The molecule has 0 aromatic carbocycles. The van der Waals surface area contributed by atoms with Crippen LogP contribution in [0.4, 0.5) is 0 Å². The van der Waals surface area contributed by atoms with E-state index in [0.29, 0.717) is 11.1 Å². The van der Waals surface area contributed by atoms with Crippen molar-refractivity contribution >= 4 is 0 Å². The number of rotatable bonds is 0. The number of hydrogen-bond donors (Lipinski definition) is 2. The van der Waals surface area contributed by atoms with Crippen molar-refractivity contribution in [3.8, 4) is 11.8 Å². The van der Waals surface area contributed by atoms with Gasteiger partial charge in [-0.2, -0.15) is 0 Å². The average molecular weight is 140 g/mol. The highest BCUT2D eigenvalue weighted by atomic mass is 16.3. The SMILES string of the molecule is Cc1c(O)nnc(O)c1C. The molecule has 0 unspecified atom stereocenters. The van der Waals surface area contributed by atoms with Gasteiger partial charge in [-0.05, 0) is 13.8 Å². The molecule has 0 atom stereocenters. The van der Waals surface area contributed by atoms with Crippen LogP contribution >= 0.6 is 0 Å². The van der Waals surface area contributed by atoms with Crippen molar-refractivity contribution in [1.82, 2.24) is 10.2 Å². The standard InChI is InChI=1S/C6H8N2O2/c1-3-4(2)6(10)8-7-5(3)9/h1-2H3,(H,7,9)(H,8,10). The molecule has 0 aliphatic heterocycles. The first-order valence-corrected chi connectivity index (χ1v) is 2.84. The Labute approximate surface area is 58.2 Å². The van der Waals surface area contributed by atoms with Crippen molar-refractivity contribution in [1.29, 1.82) is 0 Å². The topological polar surface area (TPSA) is 66.2 Å². The maximum Gasteiger partial charge on any atom is 0.234 e. The predicted molar refractivity (Wildman–Crippen MR) is 34.8 cm³/mol. The Kier molecular flexibility index (Phi) is 1.45. The molecular weight excluding hydrogens is 132 g/mol. The molecule has 0 aliphatic carbocycles. The first-order chi connectivity index (χ1) is 4.63. The zero-order chi connectivity index (χ0) is 7.72. The van der Waals surface area contributed by atoms with Crippen LogP contribution in [0.5, 0.6) is 11.8 Å². The molecule has 2 N–H and O–H groups in total. The lowest BCUT2D eigenvalue weighted by Gasteiger charge is -2.00. The van der Waals surface area contributed by atoms with Crippen LogP contribution in [0.2, 0.25) is 0 Å². The summed E-state index contributed by atoms with van der Waals surface area (Å²) in [7, 11) is 0. The van der Waals surface area contributed by atoms with Crippen LogP contribution in [0, 0.1) is 13.8 Å². The Morgan fingerprint density at radius 2 is 1.20 bits per heavy atom. The van der Waals surface area contributed by atoms with Crippen molar-refractivity contribution in [2.24, 2.45) is 0 Å². The number of aromatic hydroxyl groups is 2. The molecule has 0 fully saturated rings. The van der Waals surface area contributed by atoms with Crippen LogP contribution < -0.4 is 0 Å². The quantitative estimate of drug-likeness (QED) is 0.550. The molecule has 1 aromatic heterocycles. The van der Waals surface area contributed by atoms with E-state index in [0.717, 1.165) is 0 Å². The highest BCUT2D eigenvalue weighted by Crippen LogP contribution is 2.20. The van der Waals surface area contributed by atoms with E-state index in [1.807, 2.05) is 0 Å². The van der Waals surface area contributed by atoms with Gasteiger partial charge in [0.05, 0.1) is 0 Å². The highest BCUT2D eigenvalue weighted by molar-refractivity contribution is 5.35. The number of hydrogen-bond acceptors (Lipinski definition) is 4. The maximum absolute atomic E-state index is 8.94. The first-order valence-electron chi connectivity index (χ1n) is 2.84. The molecule has 0 spiro atoms. The van der Waals surface area contributed by atoms with Crippen molar-refractivity contribution in [3.63, 3.8) is 0 Å². The smallest absolute Gasteiger partial charge is 0.234 e. The van der Waals surface area contributed by atoms with Gasteiger partial charge in [0, 0.05) is 11.1 Å². The van der Waals surface area contributed by atoms with E-state index in [2.05, 4.69) is 10.2 Å². The van der Waals surface area contributed by atoms with Crippen LogP contribution in [-0.4, -0.2) is 20.4 Å². The third kappa shape index (κ3) is 0.877. The molecule has 0 saturated heterocycles. The van der Waals surface area contributed by atoms with Gasteiger partial charge in [-0.25, -0.2) is 0 Å². The third-order valence-electron chi connectivity index (χ3n) is 1.47. The summed E-state index contributed by atoms with van der Waals surface area (Å²) < 4.78 is 0. The Balaban J connectivity index is 3.34. The minimum atomic E-state index is -0.129.